The van der Waals surface area contributed by atoms with Crippen molar-refractivity contribution in [3.05, 3.63) is 24.0 Å². The number of nitrogens with zero attached hydrogens (tertiary/aromatic N) is 1. The van der Waals surface area contributed by atoms with Gasteiger partial charge in [0.05, 0.1) is 0 Å². The molecule has 2 rings (SSSR count). The van der Waals surface area contributed by atoms with Gasteiger partial charge in [-0.2, -0.15) is 0 Å². The fraction of sp³-hybridized carbons (Fsp3) is 0.444. The molecule has 1 aromatic rings. The molecular formula is C9H12N2O. The summed E-state index contributed by atoms with van der Waals surface area (Å²) in [6, 6.07) is 3.85. The Morgan fingerprint density at radius 3 is 3.00 bits per heavy atom. The van der Waals surface area contributed by atoms with Gasteiger partial charge >= 0.3 is 0 Å². The van der Waals surface area contributed by atoms with Gasteiger partial charge in [-0.1, -0.05) is 0 Å². The second-order valence-corrected chi connectivity index (χ2v) is 3.03. The second kappa shape index (κ2) is 3.11. The molecule has 0 spiro atoms. The Morgan fingerprint density at radius 1 is 1.58 bits per heavy atom. The summed E-state index contributed by atoms with van der Waals surface area (Å²) in [6.45, 7) is 3.88. The van der Waals surface area contributed by atoms with Crippen LogP contribution in [0.3, 0.4) is 0 Å². The summed E-state index contributed by atoms with van der Waals surface area (Å²) in [5.74, 6) is 0.925. The van der Waals surface area contributed by atoms with Crippen molar-refractivity contribution in [3.63, 3.8) is 0 Å². The molecule has 3 heteroatoms. The van der Waals surface area contributed by atoms with E-state index in [-0.39, 0.29) is 0 Å². The molecule has 0 bridgehead atoms. The van der Waals surface area contributed by atoms with Crippen molar-refractivity contribution in [2.75, 3.05) is 13.1 Å². The number of aromatic nitrogens is 1. The third kappa shape index (κ3) is 1.56. The van der Waals surface area contributed by atoms with Crippen molar-refractivity contribution >= 4 is 0 Å². The molecule has 1 N–H and O–H groups in total. The average molecular weight is 164 g/mol. The van der Waals surface area contributed by atoms with Gasteiger partial charge in [0, 0.05) is 31.0 Å². The molecule has 0 amide bonds. The van der Waals surface area contributed by atoms with Crippen LogP contribution in [0.15, 0.2) is 18.3 Å². The van der Waals surface area contributed by atoms with E-state index >= 15 is 0 Å². The zero-order valence-corrected chi connectivity index (χ0v) is 7.08. The van der Waals surface area contributed by atoms with Crippen LogP contribution in [0, 0.1) is 6.92 Å². The van der Waals surface area contributed by atoms with Gasteiger partial charge in [-0.25, -0.2) is 0 Å². The van der Waals surface area contributed by atoms with E-state index < -0.39 is 0 Å². The van der Waals surface area contributed by atoms with E-state index in [9.17, 15) is 0 Å². The number of pyridine rings is 1. The normalized spacial score (nSPS) is 17.1. The second-order valence-electron chi connectivity index (χ2n) is 3.03. The van der Waals surface area contributed by atoms with E-state index in [1.165, 1.54) is 0 Å². The molecule has 64 valence electrons. The lowest BCUT2D eigenvalue weighted by molar-refractivity contribution is 0.142. The fourth-order valence-corrected chi connectivity index (χ4v) is 1.13. The maximum Gasteiger partial charge on any atom is 0.123 e. The first-order chi connectivity index (χ1) is 5.84. The molecule has 0 radical (unpaired) electrons. The summed E-state index contributed by atoms with van der Waals surface area (Å²) in [7, 11) is 0. The third-order valence-electron chi connectivity index (χ3n) is 1.91. The highest BCUT2D eigenvalue weighted by Gasteiger charge is 2.17. The molecule has 1 aromatic heterocycles. The average Bonchev–Trinajstić information content (AvgIpc) is 1.97. The number of hydrogen-bond donors (Lipinski definition) is 1. The fourth-order valence-electron chi connectivity index (χ4n) is 1.13. The summed E-state index contributed by atoms with van der Waals surface area (Å²) in [4.78, 5) is 4.10. The Kier molecular flexibility index (Phi) is 1.96. The Bertz CT molecular complexity index is 271. The highest BCUT2D eigenvalue weighted by molar-refractivity contribution is 5.22. The lowest BCUT2D eigenvalue weighted by atomic mass is 10.2. The summed E-state index contributed by atoms with van der Waals surface area (Å²) < 4.78 is 5.63. The zero-order valence-electron chi connectivity index (χ0n) is 7.08. The van der Waals surface area contributed by atoms with E-state index in [0.29, 0.717) is 6.10 Å². The summed E-state index contributed by atoms with van der Waals surface area (Å²) >= 11 is 0. The lowest BCUT2D eigenvalue weighted by Gasteiger charge is -2.27. The Balaban J connectivity index is 2.02. The molecule has 2 heterocycles. The van der Waals surface area contributed by atoms with Gasteiger partial charge in [-0.05, 0) is 13.0 Å². The van der Waals surface area contributed by atoms with Gasteiger partial charge in [0.1, 0.15) is 11.9 Å². The van der Waals surface area contributed by atoms with Crippen molar-refractivity contribution < 1.29 is 4.74 Å². The first-order valence-electron chi connectivity index (χ1n) is 4.14. The predicted molar refractivity (Wildman–Crippen MR) is 46.3 cm³/mol. The van der Waals surface area contributed by atoms with E-state index in [4.69, 9.17) is 4.74 Å². The van der Waals surface area contributed by atoms with Crippen LogP contribution >= 0.6 is 0 Å². The van der Waals surface area contributed by atoms with Crippen LogP contribution in [0.2, 0.25) is 0 Å². The smallest absolute Gasteiger partial charge is 0.123 e. The van der Waals surface area contributed by atoms with Crippen molar-refractivity contribution in [3.8, 4) is 5.75 Å². The van der Waals surface area contributed by atoms with Gasteiger partial charge in [0.15, 0.2) is 0 Å². The minimum atomic E-state index is 0.354. The van der Waals surface area contributed by atoms with Crippen molar-refractivity contribution in [1.82, 2.24) is 10.3 Å². The van der Waals surface area contributed by atoms with Gasteiger partial charge in [-0.15, -0.1) is 0 Å². The molecule has 1 aliphatic heterocycles. The van der Waals surface area contributed by atoms with E-state index in [0.717, 1.165) is 24.5 Å². The first-order valence-corrected chi connectivity index (χ1v) is 4.14. The predicted octanol–water partition coefficient (Wildman–Crippen LogP) is 0.741. The van der Waals surface area contributed by atoms with E-state index in [2.05, 4.69) is 10.3 Å². The topological polar surface area (TPSA) is 34.1 Å². The highest BCUT2D eigenvalue weighted by atomic mass is 16.5. The lowest BCUT2D eigenvalue weighted by Crippen LogP contribution is -2.50. The number of aryl methyl sites for hydroxylation is 1. The van der Waals surface area contributed by atoms with Gasteiger partial charge in [0.2, 0.25) is 0 Å². The molecule has 1 aliphatic rings. The molecule has 12 heavy (non-hydrogen) atoms. The zero-order chi connectivity index (χ0) is 8.39. The largest absolute Gasteiger partial charge is 0.488 e. The summed E-state index contributed by atoms with van der Waals surface area (Å²) in [5, 5.41) is 3.16. The van der Waals surface area contributed by atoms with Gasteiger partial charge < -0.3 is 10.1 Å². The van der Waals surface area contributed by atoms with Crippen LogP contribution < -0.4 is 10.1 Å². The van der Waals surface area contributed by atoms with Crippen molar-refractivity contribution in [2.24, 2.45) is 0 Å². The molecule has 0 unspecified atom stereocenters. The maximum atomic E-state index is 5.63. The Hall–Kier alpha value is -1.09. The minimum absolute atomic E-state index is 0.354. The highest BCUT2D eigenvalue weighted by Crippen LogP contribution is 2.13. The summed E-state index contributed by atoms with van der Waals surface area (Å²) in [6.07, 6.45) is 2.13. The van der Waals surface area contributed by atoms with Gasteiger partial charge in [-0.3, -0.25) is 4.98 Å². The number of ether oxygens (including phenoxy) is 1. The quantitative estimate of drug-likeness (QED) is 0.700. The van der Waals surface area contributed by atoms with Crippen LogP contribution in [-0.2, 0) is 0 Å². The Labute approximate surface area is 71.8 Å². The monoisotopic (exact) mass is 164 g/mol. The SMILES string of the molecule is Cc1cc(OC2CNC2)ccn1. The molecule has 0 atom stereocenters. The van der Waals surface area contributed by atoms with E-state index in [1.54, 1.807) is 6.20 Å². The van der Waals surface area contributed by atoms with Crippen LogP contribution in [0.4, 0.5) is 0 Å². The molecule has 0 aliphatic carbocycles. The Morgan fingerprint density at radius 2 is 2.42 bits per heavy atom. The number of rotatable bonds is 2. The van der Waals surface area contributed by atoms with Crippen molar-refractivity contribution in [1.29, 1.82) is 0 Å². The standard InChI is InChI=1S/C9H12N2O/c1-7-4-8(2-3-11-7)12-9-5-10-6-9/h2-4,9-10H,5-6H2,1H3. The number of nitrogens with one attached hydrogen (secondary N) is 1. The van der Waals surface area contributed by atoms with Crippen LogP contribution in [0.5, 0.6) is 5.75 Å². The molecule has 1 saturated heterocycles. The van der Waals surface area contributed by atoms with Crippen molar-refractivity contribution in [2.45, 2.75) is 13.0 Å². The van der Waals surface area contributed by atoms with Crippen LogP contribution in [0.1, 0.15) is 5.69 Å². The summed E-state index contributed by atoms with van der Waals surface area (Å²) in [5.41, 5.74) is 1.000. The first kappa shape index (κ1) is 7.55. The molecule has 3 nitrogen and oxygen atoms in total. The number of hydrogen-bond acceptors (Lipinski definition) is 3. The minimum Gasteiger partial charge on any atom is -0.488 e. The maximum absolute atomic E-state index is 5.63. The molecule has 0 saturated carbocycles. The third-order valence-corrected chi connectivity index (χ3v) is 1.91. The molecule has 0 aromatic carbocycles. The van der Waals surface area contributed by atoms with Crippen LogP contribution in [-0.4, -0.2) is 24.2 Å². The van der Waals surface area contributed by atoms with Gasteiger partial charge in [0.25, 0.3) is 0 Å². The molecular weight excluding hydrogens is 152 g/mol. The molecule has 1 fully saturated rings. The van der Waals surface area contributed by atoms with E-state index in [1.807, 2.05) is 19.1 Å². The van der Waals surface area contributed by atoms with Crippen LogP contribution in [0.25, 0.3) is 0 Å².